The van der Waals surface area contributed by atoms with Crippen LogP contribution in [0.5, 0.6) is 0 Å². The average molecular weight is 315 g/mol. The van der Waals surface area contributed by atoms with Crippen molar-refractivity contribution in [2.24, 2.45) is 28.1 Å². The number of nitrogens with zero attached hydrogens (tertiary/aromatic N) is 1. The Bertz CT molecular complexity index is 589. The van der Waals surface area contributed by atoms with Crippen molar-refractivity contribution in [1.29, 1.82) is 5.26 Å². The van der Waals surface area contributed by atoms with E-state index in [1.165, 1.54) is 5.57 Å². The molecule has 23 heavy (non-hydrogen) atoms. The topological polar surface area (TPSA) is 61.1 Å². The number of nitriles is 1. The predicted molar refractivity (Wildman–Crippen MR) is 89.6 cm³/mol. The Kier molecular flexibility index (Phi) is 3.86. The van der Waals surface area contributed by atoms with Gasteiger partial charge in [0.25, 0.3) is 0 Å². The van der Waals surface area contributed by atoms with E-state index in [2.05, 4.69) is 26.0 Å². The number of carbonyl (C=O) groups is 1. The molecule has 0 heterocycles. The maximum atomic E-state index is 12.0. The van der Waals surface area contributed by atoms with Crippen LogP contribution in [0.2, 0.25) is 0 Å². The first-order chi connectivity index (χ1) is 10.8. The van der Waals surface area contributed by atoms with Crippen molar-refractivity contribution in [1.82, 2.24) is 0 Å². The molecule has 126 valence electrons. The van der Waals surface area contributed by atoms with E-state index in [0.717, 1.165) is 44.9 Å². The third kappa shape index (κ3) is 2.25. The Hall–Kier alpha value is -1.30. The quantitative estimate of drug-likeness (QED) is 0.735. The van der Waals surface area contributed by atoms with E-state index in [1.54, 1.807) is 0 Å². The van der Waals surface area contributed by atoms with Gasteiger partial charge in [-0.15, -0.1) is 0 Å². The third-order valence-corrected chi connectivity index (χ3v) is 7.62. The minimum absolute atomic E-state index is 0.0148. The molecule has 3 nitrogen and oxygen atoms in total. The second-order valence-electron chi connectivity index (χ2n) is 8.82. The first kappa shape index (κ1) is 16.6. The smallest absolute Gasteiger partial charge is 0.309 e. The van der Waals surface area contributed by atoms with Crippen molar-refractivity contribution in [3.05, 3.63) is 11.6 Å². The number of allylic oxidation sites excluding steroid dienone is 2. The van der Waals surface area contributed by atoms with E-state index in [-0.39, 0.29) is 16.7 Å². The summed E-state index contributed by atoms with van der Waals surface area (Å²) < 4.78 is 0. The number of hydrogen-bond acceptors (Lipinski definition) is 2. The van der Waals surface area contributed by atoms with Gasteiger partial charge in [0, 0.05) is 11.8 Å². The largest absolute Gasteiger partial charge is 0.481 e. The summed E-state index contributed by atoms with van der Waals surface area (Å²) in [6.45, 7) is 6.49. The highest BCUT2D eigenvalue weighted by molar-refractivity contribution is 5.75. The van der Waals surface area contributed by atoms with E-state index in [0.29, 0.717) is 12.3 Å². The zero-order chi connectivity index (χ0) is 16.9. The Balaban J connectivity index is 2.06. The van der Waals surface area contributed by atoms with Crippen molar-refractivity contribution >= 4 is 5.97 Å². The highest BCUT2D eigenvalue weighted by Crippen LogP contribution is 2.67. The van der Waals surface area contributed by atoms with Gasteiger partial charge in [0.15, 0.2) is 0 Å². The van der Waals surface area contributed by atoms with Crippen LogP contribution in [0.15, 0.2) is 11.6 Å². The summed E-state index contributed by atoms with van der Waals surface area (Å²) in [5, 5.41) is 19.3. The Morgan fingerprint density at radius 3 is 2.70 bits per heavy atom. The Morgan fingerprint density at radius 1 is 1.30 bits per heavy atom. The molecule has 0 bridgehead atoms. The van der Waals surface area contributed by atoms with Crippen LogP contribution < -0.4 is 0 Å². The number of aliphatic carboxylic acids is 1. The van der Waals surface area contributed by atoms with Crippen LogP contribution in [0, 0.1) is 39.4 Å². The summed E-state index contributed by atoms with van der Waals surface area (Å²) in [6, 6.07) is 2.44. The fourth-order valence-electron chi connectivity index (χ4n) is 6.61. The Morgan fingerprint density at radius 2 is 2.04 bits per heavy atom. The molecule has 0 aromatic heterocycles. The second-order valence-corrected chi connectivity index (χ2v) is 8.82. The Labute approximate surface area is 139 Å². The van der Waals surface area contributed by atoms with E-state index >= 15 is 0 Å². The van der Waals surface area contributed by atoms with Crippen molar-refractivity contribution < 1.29 is 9.90 Å². The molecule has 0 aliphatic heterocycles. The maximum absolute atomic E-state index is 12.0. The molecule has 0 unspecified atom stereocenters. The number of hydrogen-bond donors (Lipinski definition) is 1. The van der Waals surface area contributed by atoms with Gasteiger partial charge in [0.2, 0.25) is 0 Å². The highest BCUT2D eigenvalue weighted by atomic mass is 16.4. The molecule has 3 rings (SSSR count). The van der Waals surface area contributed by atoms with E-state index < -0.39 is 11.4 Å². The van der Waals surface area contributed by atoms with Crippen molar-refractivity contribution in [2.45, 2.75) is 72.1 Å². The molecule has 0 spiro atoms. The van der Waals surface area contributed by atoms with Crippen LogP contribution >= 0.6 is 0 Å². The van der Waals surface area contributed by atoms with Gasteiger partial charge in [0.1, 0.15) is 0 Å². The molecule has 5 atom stereocenters. The summed E-state index contributed by atoms with van der Waals surface area (Å²) in [4.78, 5) is 12.0. The molecule has 2 fully saturated rings. The lowest BCUT2D eigenvalue weighted by molar-refractivity contribution is -0.175. The van der Waals surface area contributed by atoms with Crippen molar-refractivity contribution in [3.63, 3.8) is 0 Å². The van der Waals surface area contributed by atoms with Crippen LogP contribution in [-0.4, -0.2) is 11.1 Å². The summed E-state index contributed by atoms with van der Waals surface area (Å²) in [7, 11) is 0. The maximum Gasteiger partial charge on any atom is 0.309 e. The van der Waals surface area contributed by atoms with Crippen LogP contribution in [0.4, 0.5) is 0 Å². The molecular weight excluding hydrogens is 286 g/mol. The van der Waals surface area contributed by atoms with Crippen LogP contribution in [0.25, 0.3) is 0 Å². The van der Waals surface area contributed by atoms with E-state index in [1.807, 2.05) is 6.92 Å². The SMILES string of the molecule is CC1=C[C@@]2(CC#N)CC[C@H]3[C@@](C)(CCC[C@@]3(C)C(=O)O)[C@@H]2CC1. The molecule has 0 aromatic carbocycles. The molecule has 0 aromatic rings. The fraction of sp³-hybridized carbons (Fsp3) is 0.800. The van der Waals surface area contributed by atoms with Crippen LogP contribution in [-0.2, 0) is 4.79 Å². The second kappa shape index (κ2) is 5.36. The normalized spacial score (nSPS) is 46.1. The van der Waals surface area contributed by atoms with Gasteiger partial charge in [-0.05, 0) is 69.6 Å². The summed E-state index contributed by atoms with van der Waals surface area (Å²) in [5.74, 6) is 0.0738. The molecule has 1 N–H and O–H groups in total. The lowest BCUT2D eigenvalue weighted by Gasteiger charge is -2.63. The van der Waals surface area contributed by atoms with E-state index in [9.17, 15) is 15.2 Å². The average Bonchev–Trinajstić information content (AvgIpc) is 2.46. The van der Waals surface area contributed by atoms with Crippen LogP contribution in [0.1, 0.15) is 72.1 Å². The van der Waals surface area contributed by atoms with Crippen molar-refractivity contribution in [2.75, 3.05) is 0 Å². The monoisotopic (exact) mass is 315 g/mol. The minimum Gasteiger partial charge on any atom is -0.481 e. The first-order valence-electron chi connectivity index (χ1n) is 9.07. The molecule has 2 saturated carbocycles. The first-order valence-corrected chi connectivity index (χ1v) is 9.07. The predicted octanol–water partition coefficient (Wildman–Crippen LogP) is 4.93. The van der Waals surface area contributed by atoms with Crippen LogP contribution in [0.3, 0.4) is 0 Å². The molecule has 3 aliphatic rings. The molecule has 3 aliphatic carbocycles. The van der Waals surface area contributed by atoms with Gasteiger partial charge in [0.05, 0.1) is 11.5 Å². The third-order valence-electron chi connectivity index (χ3n) is 7.62. The molecule has 0 radical (unpaired) electrons. The summed E-state index contributed by atoms with van der Waals surface area (Å²) >= 11 is 0. The number of rotatable bonds is 2. The summed E-state index contributed by atoms with van der Waals surface area (Å²) in [5.41, 5.74) is 0.856. The van der Waals surface area contributed by atoms with Crippen molar-refractivity contribution in [3.8, 4) is 6.07 Å². The van der Waals surface area contributed by atoms with Gasteiger partial charge >= 0.3 is 5.97 Å². The molecule has 0 saturated heterocycles. The van der Waals surface area contributed by atoms with E-state index in [4.69, 9.17) is 0 Å². The summed E-state index contributed by atoms with van der Waals surface area (Å²) in [6.07, 6.45) is 10.0. The van der Waals surface area contributed by atoms with Gasteiger partial charge in [-0.1, -0.05) is 25.0 Å². The zero-order valence-electron chi connectivity index (χ0n) is 14.7. The number of fused-ring (bicyclic) bond motifs is 3. The van der Waals surface area contributed by atoms with Gasteiger partial charge < -0.3 is 5.11 Å². The molecule has 3 heteroatoms. The zero-order valence-corrected chi connectivity index (χ0v) is 14.7. The standard InChI is InChI=1S/C20H29NO2/c1-14-5-6-16-18(2)8-4-9-19(3,17(22)23)15(18)7-10-20(16,13-14)11-12-21/h13,15-16H,4-11H2,1-3H3,(H,22,23)/t15-,16-,18+,19+,20-/m0/s1. The van der Waals surface area contributed by atoms with Gasteiger partial charge in [-0.2, -0.15) is 5.26 Å². The van der Waals surface area contributed by atoms with Gasteiger partial charge in [-0.3, -0.25) is 4.79 Å². The molecular formula is C20H29NO2. The minimum atomic E-state index is -0.622. The lowest BCUT2D eigenvalue weighted by Crippen LogP contribution is -2.58. The fourth-order valence-corrected chi connectivity index (χ4v) is 6.61. The molecule has 0 amide bonds. The lowest BCUT2D eigenvalue weighted by atomic mass is 9.41. The number of carboxylic acids is 1. The highest BCUT2D eigenvalue weighted by Gasteiger charge is 2.62. The van der Waals surface area contributed by atoms with Gasteiger partial charge in [-0.25, -0.2) is 0 Å². The number of carboxylic acid groups (broad SMARTS) is 1.